The molecule has 1 amide bonds. The lowest BCUT2D eigenvalue weighted by Gasteiger charge is -2.13. The van der Waals surface area contributed by atoms with Gasteiger partial charge in [-0.25, -0.2) is 0 Å². The highest BCUT2D eigenvalue weighted by molar-refractivity contribution is 5.86. The van der Waals surface area contributed by atoms with Crippen LogP contribution in [0.5, 0.6) is 5.75 Å². The second kappa shape index (κ2) is 6.87. The van der Waals surface area contributed by atoms with E-state index in [9.17, 15) is 4.79 Å². The van der Waals surface area contributed by atoms with E-state index in [-0.39, 0.29) is 11.9 Å². The third kappa shape index (κ3) is 3.32. The van der Waals surface area contributed by atoms with Gasteiger partial charge in [-0.2, -0.15) is 0 Å². The van der Waals surface area contributed by atoms with Crippen molar-refractivity contribution in [1.82, 2.24) is 10.3 Å². The van der Waals surface area contributed by atoms with Crippen LogP contribution in [0, 0.1) is 6.92 Å². The van der Waals surface area contributed by atoms with E-state index in [0.717, 1.165) is 24.2 Å². The van der Waals surface area contributed by atoms with Gasteiger partial charge in [-0.05, 0) is 55.7 Å². The number of hydrogen-bond donors (Lipinski definition) is 2. The van der Waals surface area contributed by atoms with Gasteiger partial charge in [0.15, 0.2) is 0 Å². The zero-order valence-electron chi connectivity index (χ0n) is 15.3. The molecule has 0 fully saturated rings. The molecule has 1 aliphatic rings. The molecule has 4 heteroatoms. The third-order valence-electron chi connectivity index (χ3n) is 5.02. The highest BCUT2D eigenvalue weighted by Crippen LogP contribution is 2.30. The summed E-state index contributed by atoms with van der Waals surface area (Å²) < 4.78 is 5.44. The number of carbonyl (C=O) groups is 1. The quantitative estimate of drug-likeness (QED) is 0.739. The van der Waals surface area contributed by atoms with Crippen molar-refractivity contribution in [3.63, 3.8) is 0 Å². The van der Waals surface area contributed by atoms with E-state index in [0.29, 0.717) is 13.0 Å². The first kappa shape index (κ1) is 16.7. The van der Waals surface area contributed by atoms with Gasteiger partial charge >= 0.3 is 0 Å². The van der Waals surface area contributed by atoms with Gasteiger partial charge < -0.3 is 15.0 Å². The number of aromatic nitrogens is 1. The Morgan fingerprint density at radius 3 is 2.77 bits per heavy atom. The van der Waals surface area contributed by atoms with Crippen LogP contribution in [0.15, 0.2) is 42.5 Å². The van der Waals surface area contributed by atoms with Gasteiger partial charge in [0.2, 0.25) is 5.91 Å². The lowest BCUT2D eigenvalue weighted by atomic mass is 10.1. The van der Waals surface area contributed by atoms with Gasteiger partial charge in [-0.1, -0.05) is 23.8 Å². The number of rotatable bonds is 5. The SMILES string of the molecule is CCOc1ccc(CC(=O)NC2Cc3[nH]c4ccc(C)cc4c3C2)cc1. The Morgan fingerprint density at radius 1 is 1.19 bits per heavy atom. The number of aryl methyl sites for hydroxylation is 1. The lowest BCUT2D eigenvalue weighted by Crippen LogP contribution is -2.36. The maximum atomic E-state index is 12.4. The van der Waals surface area contributed by atoms with E-state index in [2.05, 4.69) is 35.4 Å². The molecule has 0 bridgehead atoms. The fraction of sp³-hybridized carbons (Fsp3) is 0.318. The summed E-state index contributed by atoms with van der Waals surface area (Å²) in [7, 11) is 0. The topological polar surface area (TPSA) is 54.1 Å². The molecule has 0 saturated carbocycles. The summed E-state index contributed by atoms with van der Waals surface area (Å²) in [6, 6.07) is 14.4. The molecule has 1 atom stereocenters. The van der Waals surface area contributed by atoms with Gasteiger partial charge in [0, 0.05) is 29.1 Å². The largest absolute Gasteiger partial charge is 0.494 e. The Balaban J connectivity index is 1.38. The van der Waals surface area contributed by atoms with E-state index in [1.54, 1.807) is 0 Å². The van der Waals surface area contributed by atoms with Crippen molar-refractivity contribution in [3.05, 3.63) is 64.8 Å². The first-order valence-corrected chi connectivity index (χ1v) is 9.23. The van der Waals surface area contributed by atoms with Crippen LogP contribution in [0.3, 0.4) is 0 Å². The molecule has 134 valence electrons. The second-order valence-corrected chi connectivity index (χ2v) is 7.06. The number of benzene rings is 2. The fourth-order valence-electron chi connectivity index (χ4n) is 3.83. The van der Waals surface area contributed by atoms with Crippen LogP contribution in [0.2, 0.25) is 0 Å². The number of carbonyl (C=O) groups excluding carboxylic acids is 1. The van der Waals surface area contributed by atoms with Crippen LogP contribution in [-0.4, -0.2) is 23.5 Å². The minimum atomic E-state index is 0.0739. The normalized spacial score (nSPS) is 15.8. The van der Waals surface area contributed by atoms with Gasteiger partial charge in [-0.15, -0.1) is 0 Å². The smallest absolute Gasteiger partial charge is 0.224 e. The number of fused-ring (bicyclic) bond motifs is 3. The number of hydrogen-bond acceptors (Lipinski definition) is 2. The van der Waals surface area contributed by atoms with Crippen molar-refractivity contribution in [2.75, 3.05) is 6.61 Å². The van der Waals surface area contributed by atoms with Gasteiger partial charge in [0.05, 0.1) is 13.0 Å². The summed E-state index contributed by atoms with van der Waals surface area (Å²) in [5, 5.41) is 4.48. The molecule has 1 aromatic heterocycles. The second-order valence-electron chi connectivity index (χ2n) is 7.06. The summed E-state index contributed by atoms with van der Waals surface area (Å²) in [6.07, 6.45) is 2.17. The lowest BCUT2D eigenvalue weighted by molar-refractivity contribution is -0.121. The maximum Gasteiger partial charge on any atom is 0.224 e. The van der Waals surface area contributed by atoms with Crippen LogP contribution in [0.1, 0.15) is 29.3 Å². The van der Waals surface area contributed by atoms with Crippen molar-refractivity contribution >= 4 is 16.8 Å². The van der Waals surface area contributed by atoms with Crippen LogP contribution >= 0.6 is 0 Å². The van der Waals surface area contributed by atoms with Crippen molar-refractivity contribution in [2.24, 2.45) is 0 Å². The van der Waals surface area contributed by atoms with E-state index in [1.165, 1.54) is 27.7 Å². The standard InChI is InChI=1S/C22H24N2O2/c1-3-26-17-7-5-15(6-8-17)11-22(25)23-16-12-19-18-10-14(2)4-9-20(18)24-21(19)13-16/h4-10,16,24H,3,11-13H2,1-2H3,(H,23,25). The molecule has 1 heterocycles. The average molecular weight is 348 g/mol. The third-order valence-corrected chi connectivity index (χ3v) is 5.02. The summed E-state index contributed by atoms with van der Waals surface area (Å²) in [4.78, 5) is 15.9. The van der Waals surface area contributed by atoms with E-state index >= 15 is 0 Å². The fourth-order valence-corrected chi connectivity index (χ4v) is 3.83. The summed E-state index contributed by atoms with van der Waals surface area (Å²) in [6.45, 7) is 4.72. The highest BCUT2D eigenvalue weighted by atomic mass is 16.5. The molecule has 26 heavy (non-hydrogen) atoms. The molecule has 3 aromatic rings. The predicted octanol–water partition coefficient (Wildman–Crippen LogP) is 3.70. The molecule has 0 spiro atoms. The molecule has 4 nitrogen and oxygen atoms in total. The zero-order valence-corrected chi connectivity index (χ0v) is 15.3. The molecule has 1 aliphatic carbocycles. The van der Waals surface area contributed by atoms with E-state index < -0.39 is 0 Å². The van der Waals surface area contributed by atoms with Gasteiger partial charge in [0.1, 0.15) is 5.75 Å². The number of amides is 1. The minimum absolute atomic E-state index is 0.0739. The summed E-state index contributed by atoms with van der Waals surface area (Å²) >= 11 is 0. The Kier molecular flexibility index (Phi) is 4.41. The van der Waals surface area contributed by atoms with E-state index in [4.69, 9.17) is 4.74 Å². The van der Waals surface area contributed by atoms with Gasteiger partial charge in [-0.3, -0.25) is 4.79 Å². The van der Waals surface area contributed by atoms with Crippen LogP contribution in [0.25, 0.3) is 10.9 Å². The van der Waals surface area contributed by atoms with Crippen molar-refractivity contribution in [3.8, 4) is 5.75 Å². The van der Waals surface area contributed by atoms with Crippen LogP contribution in [-0.2, 0) is 24.1 Å². The van der Waals surface area contributed by atoms with Crippen molar-refractivity contribution in [1.29, 1.82) is 0 Å². The molecule has 2 aromatic carbocycles. The Morgan fingerprint density at radius 2 is 2.00 bits per heavy atom. The van der Waals surface area contributed by atoms with Crippen molar-refractivity contribution < 1.29 is 9.53 Å². The molecule has 0 saturated heterocycles. The highest BCUT2D eigenvalue weighted by Gasteiger charge is 2.26. The Labute approximate surface area is 153 Å². The molecule has 1 unspecified atom stereocenters. The predicted molar refractivity (Wildman–Crippen MR) is 104 cm³/mol. The molecule has 0 aliphatic heterocycles. The number of nitrogens with one attached hydrogen (secondary N) is 2. The minimum Gasteiger partial charge on any atom is -0.494 e. The van der Waals surface area contributed by atoms with Crippen LogP contribution in [0.4, 0.5) is 0 Å². The molecule has 0 radical (unpaired) electrons. The Hall–Kier alpha value is -2.75. The van der Waals surface area contributed by atoms with Crippen molar-refractivity contribution in [2.45, 2.75) is 39.2 Å². The Bertz CT molecular complexity index is 941. The average Bonchev–Trinajstić information content (AvgIpc) is 3.14. The summed E-state index contributed by atoms with van der Waals surface area (Å²) in [5.41, 5.74) is 6.08. The first-order valence-electron chi connectivity index (χ1n) is 9.23. The van der Waals surface area contributed by atoms with Gasteiger partial charge in [0.25, 0.3) is 0 Å². The van der Waals surface area contributed by atoms with Crippen LogP contribution < -0.4 is 10.1 Å². The molecule has 2 N–H and O–H groups in total. The maximum absolute atomic E-state index is 12.4. The molecule has 4 rings (SSSR count). The first-order chi connectivity index (χ1) is 12.6. The van der Waals surface area contributed by atoms with E-state index in [1.807, 2.05) is 31.2 Å². The molecular weight excluding hydrogens is 324 g/mol. The zero-order chi connectivity index (χ0) is 18.1. The molecular formula is C22H24N2O2. The number of H-pyrrole nitrogens is 1. The summed E-state index contributed by atoms with van der Waals surface area (Å²) in [5.74, 6) is 0.915. The monoisotopic (exact) mass is 348 g/mol. The number of ether oxygens (including phenoxy) is 1. The number of aromatic amines is 1.